The SMILES string of the molecule is CC(C)N(CCC(O)c1ccc(OC(F)(F)F)cc1)Cc1ccccc1. The molecule has 3 nitrogen and oxygen atoms in total. The van der Waals surface area contributed by atoms with Crippen molar-refractivity contribution in [3.8, 4) is 5.75 Å². The van der Waals surface area contributed by atoms with Gasteiger partial charge in [0.2, 0.25) is 0 Å². The fraction of sp³-hybridized carbons (Fsp3) is 0.400. The van der Waals surface area contributed by atoms with Gasteiger partial charge in [-0.1, -0.05) is 42.5 Å². The molecule has 0 bridgehead atoms. The quantitative estimate of drug-likeness (QED) is 0.719. The number of hydrogen-bond donors (Lipinski definition) is 1. The fourth-order valence-corrected chi connectivity index (χ4v) is 2.68. The minimum Gasteiger partial charge on any atom is -0.406 e. The fourth-order valence-electron chi connectivity index (χ4n) is 2.68. The van der Waals surface area contributed by atoms with E-state index >= 15 is 0 Å². The monoisotopic (exact) mass is 367 g/mol. The molecule has 26 heavy (non-hydrogen) atoms. The van der Waals surface area contributed by atoms with Crippen LogP contribution in [-0.2, 0) is 6.54 Å². The van der Waals surface area contributed by atoms with Crippen LogP contribution in [0.25, 0.3) is 0 Å². The first kappa shape index (κ1) is 20.3. The molecule has 0 aliphatic rings. The second-order valence-electron chi connectivity index (χ2n) is 6.47. The molecule has 0 amide bonds. The number of hydrogen-bond acceptors (Lipinski definition) is 3. The van der Waals surface area contributed by atoms with E-state index in [1.165, 1.54) is 29.8 Å². The van der Waals surface area contributed by atoms with Gasteiger partial charge in [0.1, 0.15) is 5.75 Å². The van der Waals surface area contributed by atoms with Gasteiger partial charge in [-0.3, -0.25) is 4.90 Å². The summed E-state index contributed by atoms with van der Waals surface area (Å²) in [5.74, 6) is -0.290. The highest BCUT2D eigenvalue weighted by atomic mass is 19.4. The molecule has 0 aliphatic heterocycles. The van der Waals surface area contributed by atoms with Crippen LogP contribution in [0.1, 0.15) is 37.5 Å². The van der Waals surface area contributed by atoms with Crippen molar-refractivity contribution in [1.29, 1.82) is 0 Å². The van der Waals surface area contributed by atoms with E-state index in [9.17, 15) is 18.3 Å². The van der Waals surface area contributed by atoms with E-state index in [0.29, 0.717) is 24.6 Å². The van der Waals surface area contributed by atoms with Crippen LogP contribution in [0, 0.1) is 0 Å². The summed E-state index contributed by atoms with van der Waals surface area (Å²) in [5.41, 5.74) is 1.77. The standard InChI is InChI=1S/C20H24F3NO2/c1-15(2)24(14-16-6-4-3-5-7-16)13-12-19(25)17-8-10-18(11-9-17)26-20(21,22)23/h3-11,15,19,25H,12-14H2,1-2H3. The average molecular weight is 367 g/mol. The van der Waals surface area contributed by atoms with Crippen molar-refractivity contribution in [1.82, 2.24) is 4.90 Å². The Morgan fingerprint density at radius 1 is 1.00 bits per heavy atom. The number of rotatable bonds is 8. The molecule has 0 radical (unpaired) electrons. The summed E-state index contributed by atoms with van der Waals surface area (Å²) in [5, 5.41) is 10.4. The van der Waals surface area contributed by atoms with E-state index in [2.05, 4.69) is 35.6 Å². The van der Waals surface area contributed by atoms with Crippen molar-refractivity contribution in [3.63, 3.8) is 0 Å². The predicted octanol–water partition coefficient (Wildman–Crippen LogP) is 4.92. The first-order chi connectivity index (χ1) is 12.2. The number of nitrogens with zero attached hydrogens (tertiary/aromatic N) is 1. The van der Waals surface area contributed by atoms with Crippen LogP contribution in [0.15, 0.2) is 54.6 Å². The number of aliphatic hydroxyl groups excluding tert-OH is 1. The molecule has 0 heterocycles. The van der Waals surface area contributed by atoms with Crippen LogP contribution >= 0.6 is 0 Å². The predicted molar refractivity (Wildman–Crippen MR) is 94.7 cm³/mol. The van der Waals surface area contributed by atoms with E-state index in [1.54, 1.807) is 0 Å². The van der Waals surface area contributed by atoms with Crippen molar-refractivity contribution in [2.45, 2.75) is 45.3 Å². The van der Waals surface area contributed by atoms with Crippen LogP contribution in [0.3, 0.4) is 0 Å². The van der Waals surface area contributed by atoms with Gasteiger partial charge in [0.15, 0.2) is 0 Å². The Balaban J connectivity index is 1.92. The Bertz CT molecular complexity index is 657. The van der Waals surface area contributed by atoms with Gasteiger partial charge in [-0.05, 0) is 43.5 Å². The number of halogens is 3. The van der Waals surface area contributed by atoms with E-state index in [4.69, 9.17) is 0 Å². The second-order valence-corrected chi connectivity index (χ2v) is 6.47. The maximum absolute atomic E-state index is 12.2. The molecule has 0 saturated heterocycles. The lowest BCUT2D eigenvalue weighted by Crippen LogP contribution is -2.32. The summed E-state index contributed by atoms with van der Waals surface area (Å²) in [6.45, 7) is 5.65. The molecule has 2 aromatic carbocycles. The third kappa shape index (κ3) is 6.69. The number of benzene rings is 2. The number of alkyl halides is 3. The highest BCUT2D eigenvalue weighted by Crippen LogP contribution is 2.25. The number of ether oxygens (including phenoxy) is 1. The molecule has 2 rings (SSSR count). The van der Waals surface area contributed by atoms with Gasteiger partial charge >= 0.3 is 6.36 Å². The molecular weight excluding hydrogens is 343 g/mol. The Morgan fingerprint density at radius 2 is 1.62 bits per heavy atom. The molecule has 1 unspecified atom stereocenters. The molecule has 142 valence electrons. The Morgan fingerprint density at radius 3 is 2.15 bits per heavy atom. The second kappa shape index (κ2) is 9.05. The molecule has 0 fully saturated rings. The van der Waals surface area contributed by atoms with Gasteiger partial charge in [0.05, 0.1) is 6.10 Å². The molecule has 0 aliphatic carbocycles. The molecule has 1 N–H and O–H groups in total. The minimum atomic E-state index is -4.71. The van der Waals surface area contributed by atoms with Crippen molar-refractivity contribution >= 4 is 0 Å². The van der Waals surface area contributed by atoms with E-state index in [0.717, 1.165) is 6.54 Å². The molecule has 0 spiro atoms. The van der Waals surface area contributed by atoms with E-state index < -0.39 is 12.5 Å². The van der Waals surface area contributed by atoms with Crippen molar-refractivity contribution < 1.29 is 23.0 Å². The molecule has 0 saturated carbocycles. The Kier molecular flexibility index (Phi) is 7.06. The zero-order valence-electron chi connectivity index (χ0n) is 14.9. The summed E-state index contributed by atoms with van der Waals surface area (Å²) in [4.78, 5) is 2.25. The molecule has 6 heteroatoms. The zero-order chi connectivity index (χ0) is 19.2. The summed E-state index contributed by atoms with van der Waals surface area (Å²) < 4.78 is 40.4. The van der Waals surface area contributed by atoms with Crippen LogP contribution in [0.2, 0.25) is 0 Å². The van der Waals surface area contributed by atoms with Gasteiger partial charge in [0.25, 0.3) is 0 Å². The van der Waals surface area contributed by atoms with Crippen molar-refractivity contribution in [2.24, 2.45) is 0 Å². The molecule has 0 aromatic heterocycles. The van der Waals surface area contributed by atoms with Crippen LogP contribution in [0.5, 0.6) is 5.75 Å². The maximum atomic E-state index is 12.2. The highest BCUT2D eigenvalue weighted by molar-refractivity contribution is 5.28. The number of aliphatic hydroxyl groups is 1. The largest absolute Gasteiger partial charge is 0.573 e. The van der Waals surface area contributed by atoms with Crippen molar-refractivity contribution in [2.75, 3.05) is 6.54 Å². The molecule has 1 atom stereocenters. The topological polar surface area (TPSA) is 32.7 Å². The van der Waals surface area contributed by atoms with Gasteiger partial charge < -0.3 is 9.84 Å². The Hall–Kier alpha value is -2.05. The molecular formula is C20H24F3NO2. The molecule has 2 aromatic rings. The minimum absolute atomic E-state index is 0.290. The van der Waals surface area contributed by atoms with Crippen molar-refractivity contribution in [3.05, 3.63) is 65.7 Å². The van der Waals surface area contributed by atoms with Crippen LogP contribution in [0.4, 0.5) is 13.2 Å². The Labute approximate surface area is 152 Å². The first-order valence-electron chi connectivity index (χ1n) is 8.56. The summed E-state index contributed by atoms with van der Waals surface area (Å²) in [6, 6.07) is 15.7. The summed E-state index contributed by atoms with van der Waals surface area (Å²) >= 11 is 0. The third-order valence-corrected chi connectivity index (χ3v) is 4.15. The first-order valence-corrected chi connectivity index (χ1v) is 8.56. The lowest BCUT2D eigenvalue weighted by molar-refractivity contribution is -0.274. The van der Waals surface area contributed by atoms with Gasteiger partial charge in [-0.2, -0.15) is 0 Å². The van der Waals surface area contributed by atoms with E-state index in [-0.39, 0.29) is 5.75 Å². The lowest BCUT2D eigenvalue weighted by atomic mass is 10.1. The third-order valence-electron chi connectivity index (χ3n) is 4.15. The smallest absolute Gasteiger partial charge is 0.406 e. The lowest BCUT2D eigenvalue weighted by Gasteiger charge is -2.27. The van der Waals surface area contributed by atoms with Gasteiger partial charge in [-0.15, -0.1) is 13.2 Å². The normalized spacial score (nSPS) is 13.2. The average Bonchev–Trinajstić information content (AvgIpc) is 2.58. The summed E-state index contributed by atoms with van der Waals surface area (Å²) in [7, 11) is 0. The highest BCUT2D eigenvalue weighted by Gasteiger charge is 2.31. The van der Waals surface area contributed by atoms with Crippen LogP contribution < -0.4 is 4.74 Å². The van der Waals surface area contributed by atoms with Gasteiger partial charge in [-0.25, -0.2) is 0 Å². The van der Waals surface area contributed by atoms with Gasteiger partial charge in [0, 0.05) is 19.1 Å². The summed E-state index contributed by atoms with van der Waals surface area (Å²) in [6.07, 6.45) is -4.97. The van der Waals surface area contributed by atoms with E-state index in [1.807, 2.05) is 18.2 Å². The zero-order valence-corrected chi connectivity index (χ0v) is 14.9. The maximum Gasteiger partial charge on any atom is 0.573 e. The van der Waals surface area contributed by atoms with Crippen LogP contribution in [-0.4, -0.2) is 29.0 Å².